The molecule has 9 heteroatoms. The molecule has 9 nitrogen and oxygen atoms in total. The number of esters is 2. The van der Waals surface area contributed by atoms with Crippen LogP contribution in [0.25, 0.3) is 0 Å². The molecule has 392 valence electrons. The summed E-state index contributed by atoms with van der Waals surface area (Å²) in [5.41, 5.74) is 0. The highest BCUT2D eigenvalue weighted by molar-refractivity contribution is 5.69. The smallest absolute Gasteiger partial charge is 0.407 e. The molecule has 0 aliphatic heterocycles. The van der Waals surface area contributed by atoms with Crippen LogP contribution in [0, 0.1) is 0 Å². The summed E-state index contributed by atoms with van der Waals surface area (Å²) in [7, 11) is 6.18. The number of nitrogens with zero attached hydrogens (tertiary/aromatic N) is 2. The van der Waals surface area contributed by atoms with Crippen molar-refractivity contribution in [3.8, 4) is 0 Å². The Morgan fingerprint density at radius 1 is 0.394 bits per heavy atom. The third-order valence-corrected chi connectivity index (χ3v) is 13.3. The summed E-state index contributed by atoms with van der Waals surface area (Å²) in [4.78, 5) is 41.8. The lowest BCUT2D eigenvalue weighted by atomic mass is 10.0. The predicted octanol–water partition coefficient (Wildman–Crippen LogP) is 16.1. The largest absolute Gasteiger partial charge is 0.466 e. The van der Waals surface area contributed by atoms with Gasteiger partial charge in [0.25, 0.3) is 0 Å². The van der Waals surface area contributed by atoms with E-state index in [0.29, 0.717) is 45.4 Å². The van der Waals surface area contributed by atoms with Gasteiger partial charge in [0.15, 0.2) is 0 Å². The zero-order valence-corrected chi connectivity index (χ0v) is 44.9. The van der Waals surface area contributed by atoms with Gasteiger partial charge in [-0.1, -0.05) is 219 Å². The number of carbonyl (C=O) groups excluding carboxylic acids is 3. The van der Waals surface area contributed by atoms with E-state index in [2.05, 4.69) is 50.1 Å². The second-order valence-corrected chi connectivity index (χ2v) is 20.3. The van der Waals surface area contributed by atoms with Crippen molar-refractivity contribution in [2.45, 2.75) is 290 Å². The quantitative estimate of drug-likeness (QED) is 0.0366. The first-order valence-electron chi connectivity index (χ1n) is 28.9. The second kappa shape index (κ2) is 52.5. The summed E-state index contributed by atoms with van der Waals surface area (Å²) in [5, 5.41) is 2.92. The molecule has 0 saturated heterocycles. The van der Waals surface area contributed by atoms with E-state index in [1.165, 1.54) is 193 Å². The molecule has 0 fully saturated rings. The Morgan fingerprint density at radius 3 is 1.03 bits per heavy atom. The molecule has 66 heavy (non-hydrogen) atoms. The van der Waals surface area contributed by atoms with E-state index in [4.69, 9.17) is 14.2 Å². The number of rotatable bonds is 53. The average Bonchev–Trinajstić information content (AvgIpc) is 3.29. The fourth-order valence-corrected chi connectivity index (χ4v) is 8.74. The van der Waals surface area contributed by atoms with Crippen LogP contribution in [-0.2, 0) is 23.8 Å². The number of unbranched alkanes of at least 4 members (excludes halogenated alkanes) is 34. The number of ether oxygens (including phenoxy) is 3. The molecule has 0 aromatic carbocycles. The van der Waals surface area contributed by atoms with Gasteiger partial charge in [-0.15, -0.1) is 0 Å². The van der Waals surface area contributed by atoms with E-state index in [1.54, 1.807) is 0 Å². The summed E-state index contributed by atoms with van der Waals surface area (Å²) in [6.45, 7) is 8.56. The number of alkyl carbamates (subject to hydrolysis) is 1. The van der Waals surface area contributed by atoms with Crippen molar-refractivity contribution in [1.82, 2.24) is 15.1 Å². The van der Waals surface area contributed by atoms with Gasteiger partial charge in [-0.2, -0.15) is 0 Å². The number of hydrogen-bond acceptors (Lipinski definition) is 8. The topological polar surface area (TPSA) is 97.4 Å². The average molecular weight is 937 g/mol. The standard InChI is InChI=1S/C57H113N3O6/c1-6-8-10-12-14-16-18-20-22-24-26-28-30-32-34-36-38-46-55(61)64-52-42-40-44-54(66-57(63)58-48-49-60(5)51-50-59(3)4)45-41-43-53-65-56(62)47-39-37-35-33-31-29-27-25-23-21-19-17-15-13-11-9-7-2/h54H,6-53H2,1-5H3,(H,58,63). The molecular weight excluding hydrogens is 823 g/mol. The molecule has 0 aromatic heterocycles. The van der Waals surface area contributed by atoms with Crippen molar-refractivity contribution < 1.29 is 28.6 Å². The fourth-order valence-electron chi connectivity index (χ4n) is 8.74. The van der Waals surface area contributed by atoms with Gasteiger partial charge in [-0.25, -0.2) is 4.79 Å². The molecule has 0 unspecified atom stereocenters. The maximum atomic E-state index is 12.7. The Labute approximate surface area is 410 Å². The molecule has 1 N–H and O–H groups in total. The Hall–Kier alpha value is -1.87. The summed E-state index contributed by atoms with van der Waals surface area (Å²) >= 11 is 0. The van der Waals surface area contributed by atoms with Crippen molar-refractivity contribution in [2.24, 2.45) is 0 Å². The van der Waals surface area contributed by atoms with Gasteiger partial charge < -0.3 is 29.3 Å². The van der Waals surface area contributed by atoms with Crippen LogP contribution in [0.1, 0.15) is 284 Å². The van der Waals surface area contributed by atoms with Crippen LogP contribution in [-0.4, -0.2) is 94.5 Å². The molecule has 1 amide bonds. The highest BCUT2D eigenvalue weighted by Gasteiger charge is 2.15. The van der Waals surface area contributed by atoms with Gasteiger partial charge in [0.05, 0.1) is 13.2 Å². The fraction of sp³-hybridized carbons (Fsp3) is 0.947. The highest BCUT2D eigenvalue weighted by atomic mass is 16.6. The number of carbonyl (C=O) groups is 3. The molecule has 0 saturated carbocycles. The SMILES string of the molecule is CCCCCCCCCCCCCCCCCCCC(=O)OCCCCC(CCCCOC(=O)CCCCCCCCCCCCCCCCCCC)OC(=O)NCCN(C)CCN(C)C. The van der Waals surface area contributed by atoms with Crippen molar-refractivity contribution in [3.63, 3.8) is 0 Å². The number of amides is 1. The first-order valence-corrected chi connectivity index (χ1v) is 28.9. The predicted molar refractivity (Wildman–Crippen MR) is 282 cm³/mol. The summed E-state index contributed by atoms with van der Waals surface area (Å²) in [6, 6.07) is 0. The Balaban J connectivity index is 4.11. The van der Waals surface area contributed by atoms with Gasteiger partial charge in [-0.3, -0.25) is 9.59 Å². The monoisotopic (exact) mass is 936 g/mol. The molecule has 0 aliphatic carbocycles. The van der Waals surface area contributed by atoms with Gasteiger partial charge in [-0.05, 0) is 72.5 Å². The summed E-state index contributed by atoms with van der Waals surface area (Å²) in [5.74, 6) is -0.198. The van der Waals surface area contributed by atoms with Crippen LogP contribution in [0.5, 0.6) is 0 Å². The number of likely N-dealkylation sites (N-methyl/N-ethyl adjacent to an activating group) is 2. The molecule has 0 spiro atoms. The van der Waals surface area contributed by atoms with E-state index in [0.717, 1.165) is 71.0 Å². The molecule has 0 radical (unpaired) electrons. The zero-order chi connectivity index (χ0) is 48.2. The lowest BCUT2D eigenvalue weighted by molar-refractivity contribution is -0.144. The Bertz CT molecular complexity index is 968. The van der Waals surface area contributed by atoms with Crippen molar-refractivity contribution >= 4 is 18.0 Å². The van der Waals surface area contributed by atoms with E-state index in [9.17, 15) is 14.4 Å². The lowest BCUT2D eigenvalue weighted by Crippen LogP contribution is -2.37. The minimum absolute atomic E-state index is 0.0988. The van der Waals surface area contributed by atoms with Crippen molar-refractivity contribution in [3.05, 3.63) is 0 Å². The normalized spacial score (nSPS) is 11.6. The van der Waals surface area contributed by atoms with E-state index in [1.807, 2.05) is 0 Å². The summed E-state index contributed by atoms with van der Waals surface area (Å²) in [6.07, 6.45) is 50.1. The van der Waals surface area contributed by atoms with Crippen LogP contribution in [0.4, 0.5) is 4.79 Å². The molecule has 0 heterocycles. The first-order chi connectivity index (χ1) is 32.3. The van der Waals surface area contributed by atoms with E-state index in [-0.39, 0.29) is 24.1 Å². The van der Waals surface area contributed by atoms with Crippen LogP contribution >= 0.6 is 0 Å². The molecule has 0 atom stereocenters. The van der Waals surface area contributed by atoms with Gasteiger partial charge in [0.1, 0.15) is 6.10 Å². The van der Waals surface area contributed by atoms with Gasteiger partial charge in [0, 0.05) is 39.0 Å². The number of nitrogens with one attached hydrogen (secondary N) is 1. The maximum Gasteiger partial charge on any atom is 0.407 e. The maximum absolute atomic E-state index is 12.7. The third kappa shape index (κ3) is 51.5. The Morgan fingerprint density at radius 2 is 0.712 bits per heavy atom. The number of hydrogen-bond donors (Lipinski definition) is 1. The van der Waals surface area contributed by atoms with Crippen LogP contribution in [0.3, 0.4) is 0 Å². The van der Waals surface area contributed by atoms with Crippen molar-refractivity contribution in [2.75, 3.05) is 60.5 Å². The minimum Gasteiger partial charge on any atom is -0.466 e. The van der Waals surface area contributed by atoms with Crippen molar-refractivity contribution in [1.29, 1.82) is 0 Å². The zero-order valence-electron chi connectivity index (χ0n) is 44.9. The molecular formula is C57H113N3O6. The second-order valence-electron chi connectivity index (χ2n) is 20.3. The molecule has 0 bridgehead atoms. The minimum atomic E-state index is -0.387. The van der Waals surface area contributed by atoms with Crippen LogP contribution in [0.2, 0.25) is 0 Å². The first kappa shape index (κ1) is 64.1. The highest BCUT2D eigenvalue weighted by Crippen LogP contribution is 2.18. The van der Waals surface area contributed by atoms with Gasteiger partial charge >= 0.3 is 18.0 Å². The van der Waals surface area contributed by atoms with Crippen LogP contribution < -0.4 is 5.32 Å². The van der Waals surface area contributed by atoms with Gasteiger partial charge in [0.2, 0.25) is 0 Å². The molecule has 0 rings (SSSR count). The Kier molecular flexibility index (Phi) is 51.0. The lowest BCUT2D eigenvalue weighted by Gasteiger charge is -2.21. The van der Waals surface area contributed by atoms with Crippen LogP contribution in [0.15, 0.2) is 0 Å². The van der Waals surface area contributed by atoms with E-state index >= 15 is 0 Å². The molecule has 0 aromatic rings. The third-order valence-electron chi connectivity index (χ3n) is 13.3. The van der Waals surface area contributed by atoms with E-state index < -0.39 is 0 Å². The molecule has 0 aliphatic rings. The summed E-state index contributed by atoms with van der Waals surface area (Å²) < 4.78 is 17.0.